The highest BCUT2D eigenvalue weighted by Crippen LogP contribution is 2.26. The van der Waals surface area contributed by atoms with E-state index in [0.717, 1.165) is 30.3 Å². The number of hydrogen-bond donors (Lipinski definition) is 1. The van der Waals surface area contributed by atoms with Gasteiger partial charge in [0.15, 0.2) is 0 Å². The summed E-state index contributed by atoms with van der Waals surface area (Å²) < 4.78 is 0. The fourth-order valence-electron chi connectivity index (χ4n) is 2.17. The lowest BCUT2D eigenvalue weighted by Gasteiger charge is -2.20. The van der Waals surface area contributed by atoms with E-state index in [-0.39, 0.29) is 0 Å². The van der Waals surface area contributed by atoms with Gasteiger partial charge in [0.25, 0.3) is 0 Å². The summed E-state index contributed by atoms with van der Waals surface area (Å²) in [6, 6.07) is 2.13. The van der Waals surface area contributed by atoms with Crippen LogP contribution in [0.5, 0.6) is 0 Å². The summed E-state index contributed by atoms with van der Waals surface area (Å²) in [5, 5.41) is 5.67. The maximum atomic E-state index is 4.45. The minimum absolute atomic E-state index is 1.09. The fourth-order valence-corrected chi connectivity index (χ4v) is 2.90. The van der Waals surface area contributed by atoms with E-state index in [1.54, 1.807) is 17.7 Å². The molecule has 1 aliphatic rings. The third-order valence-corrected chi connectivity index (χ3v) is 3.80. The summed E-state index contributed by atoms with van der Waals surface area (Å²) in [5.41, 5.74) is 0. The molecule has 3 heterocycles. The molecule has 0 aromatic carbocycles. The molecule has 0 saturated carbocycles. The normalized spacial score (nSPS) is 17.6. The van der Waals surface area contributed by atoms with Crippen molar-refractivity contribution in [1.29, 1.82) is 0 Å². The molecule has 2 N–H and O–H groups in total. The second-order valence-electron chi connectivity index (χ2n) is 4.04. The van der Waals surface area contributed by atoms with Gasteiger partial charge in [0.1, 0.15) is 17.0 Å². The molecule has 1 aliphatic heterocycles. The van der Waals surface area contributed by atoms with E-state index in [1.165, 1.54) is 18.4 Å². The predicted octanol–water partition coefficient (Wildman–Crippen LogP) is 0.465. The molecule has 2 aromatic heterocycles. The van der Waals surface area contributed by atoms with Crippen molar-refractivity contribution in [3.63, 3.8) is 0 Å². The Bertz CT molecular complexity index is 474. The summed E-state index contributed by atoms with van der Waals surface area (Å²) in [6.45, 7) is 4.59. The minimum atomic E-state index is 1.09. The maximum Gasteiger partial charge on any atom is 0.140 e. The van der Waals surface area contributed by atoms with E-state index in [4.69, 9.17) is 0 Å². The largest absolute Gasteiger partial charge is 0.350 e. The first kappa shape index (κ1) is 9.99. The molecule has 0 bridgehead atoms. The van der Waals surface area contributed by atoms with Crippen molar-refractivity contribution in [2.75, 3.05) is 31.1 Å². The Morgan fingerprint density at radius 3 is 3.25 bits per heavy atom. The lowest BCUT2D eigenvalue weighted by Crippen LogP contribution is -2.84. The van der Waals surface area contributed by atoms with E-state index in [0.29, 0.717) is 0 Å². The van der Waals surface area contributed by atoms with Crippen molar-refractivity contribution >= 4 is 27.4 Å². The van der Waals surface area contributed by atoms with Crippen molar-refractivity contribution in [2.24, 2.45) is 0 Å². The average Bonchev–Trinajstić information content (AvgIpc) is 2.63. The van der Waals surface area contributed by atoms with Crippen LogP contribution in [0.1, 0.15) is 6.42 Å². The molecular weight excluding hydrogens is 220 g/mol. The monoisotopic (exact) mass is 235 g/mol. The number of quaternary nitrogens is 1. The van der Waals surface area contributed by atoms with Gasteiger partial charge >= 0.3 is 0 Å². The maximum absolute atomic E-state index is 4.45. The smallest absolute Gasteiger partial charge is 0.140 e. The molecule has 0 radical (unpaired) electrons. The molecule has 84 valence electrons. The van der Waals surface area contributed by atoms with E-state index >= 15 is 0 Å². The van der Waals surface area contributed by atoms with Crippen LogP contribution in [0, 0.1) is 0 Å². The van der Waals surface area contributed by atoms with Crippen LogP contribution >= 0.6 is 11.3 Å². The first-order valence-electron chi connectivity index (χ1n) is 5.70. The molecule has 0 unspecified atom stereocenters. The van der Waals surface area contributed by atoms with Crippen LogP contribution in [0.3, 0.4) is 0 Å². The van der Waals surface area contributed by atoms with Crippen LogP contribution in [-0.2, 0) is 0 Å². The Hall–Kier alpha value is -1.20. The molecule has 16 heavy (non-hydrogen) atoms. The zero-order valence-corrected chi connectivity index (χ0v) is 9.91. The topological polar surface area (TPSA) is 45.6 Å². The summed E-state index contributed by atoms with van der Waals surface area (Å²) >= 11 is 1.69. The van der Waals surface area contributed by atoms with Gasteiger partial charge in [-0.15, -0.1) is 11.3 Å². The zero-order chi connectivity index (χ0) is 10.8. The predicted molar refractivity (Wildman–Crippen MR) is 65.9 cm³/mol. The Balaban J connectivity index is 2.00. The second kappa shape index (κ2) is 4.35. The molecule has 0 amide bonds. The summed E-state index contributed by atoms with van der Waals surface area (Å²) in [4.78, 5) is 12.2. The van der Waals surface area contributed by atoms with E-state index in [9.17, 15) is 0 Å². The summed E-state index contributed by atoms with van der Waals surface area (Å²) in [5.74, 6) is 1.11. The second-order valence-corrected chi connectivity index (χ2v) is 4.94. The highest BCUT2D eigenvalue weighted by molar-refractivity contribution is 7.16. The number of aromatic nitrogens is 2. The van der Waals surface area contributed by atoms with E-state index < -0.39 is 0 Å². The third-order valence-electron chi connectivity index (χ3n) is 2.98. The number of nitrogens with two attached hydrogens (primary N) is 1. The fraction of sp³-hybridized carbons (Fsp3) is 0.455. The Morgan fingerprint density at radius 2 is 2.25 bits per heavy atom. The first-order valence-corrected chi connectivity index (χ1v) is 6.58. The summed E-state index contributed by atoms with van der Waals surface area (Å²) in [7, 11) is 0. The molecule has 4 nitrogen and oxygen atoms in total. The first-order chi connectivity index (χ1) is 7.95. The van der Waals surface area contributed by atoms with Crippen LogP contribution in [0.15, 0.2) is 17.8 Å². The molecule has 0 spiro atoms. The molecule has 3 rings (SSSR count). The van der Waals surface area contributed by atoms with Gasteiger partial charge in [-0.2, -0.15) is 0 Å². The number of thiophene rings is 1. The van der Waals surface area contributed by atoms with Crippen molar-refractivity contribution in [2.45, 2.75) is 6.42 Å². The average molecular weight is 235 g/mol. The SMILES string of the molecule is c1nc(N2CCC[NH2+]CC2)c2ccsc2n1. The number of anilines is 1. The van der Waals surface area contributed by atoms with Gasteiger partial charge in [0.2, 0.25) is 0 Å². The molecule has 1 saturated heterocycles. The number of hydrogen-bond acceptors (Lipinski definition) is 4. The van der Waals surface area contributed by atoms with Gasteiger partial charge in [-0.05, 0) is 11.4 Å². The standard InChI is InChI=1S/C11H14N4S/c1-3-12-4-6-15(5-1)10-9-2-7-16-11(9)14-8-13-10/h2,7-8,12H,1,3-6H2/p+1. The summed E-state index contributed by atoms with van der Waals surface area (Å²) in [6.07, 6.45) is 2.92. The zero-order valence-electron chi connectivity index (χ0n) is 9.09. The van der Waals surface area contributed by atoms with Crippen LogP contribution in [0.25, 0.3) is 10.2 Å². The molecule has 0 atom stereocenters. The van der Waals surface area contributed by atoms with Gasteiger partial charge in [-0.25, -0.2) is 9.97 Å². The molecule has 5 heteroatoms. The highest BCUT2D eigenvalue weighted by Gasteiger charge is 2.15. The van der Waals surface area contributed by atoms with Crippen molar-refractivity contribution in [3.8, 4) is 0 Å². The van der Waals surface area contributed by atoms with Crippen molar-refractivity contribution in [3.05, 3.63) is 17.8 Å². The van der Waals surface area contributed by atoms with Crippen LogP contribution in [0.4, 0.5) is 5.82 Å². The van der Waals surface area contributed by atoms with Crippen LogP contribution in [0.2, 0.25) is 0 Å². The lowest BCUT2D eigenvalue weighted by atomic mass is 10.3. The molecule has 1 fully saturated rings. The lowest BCUT2D eigenvalue weighted by molar-refractivity contribution is -0.650. The molecule has 2 aromatic rings. The Kier molecular flexibility index (Phi) is 2.71. The quantitative estimate of drug-likeness (QED) is 0.781. The molecular formula is C11H15N4S+. The van der Waals surface area contributed by atoms with E-state index in [2.05, 4.69) is 31.6 Å². The number of rotatable bonds is 1. The van der Waals surface area contributed by atoms with Crippen molar-refractivity contribution in [1.82, 2.24) is 9.97 Å². The number of fused-ring (bicyclic) bond motifs is 1. The Labute approximate surface area is 98.3 Å². The highest BCUT2D eigenvalue weighted by atomic mass is 32.1. The molecule has 0 aliphatic carbocycles. The van der Waals surface area contributed by atoms with Crippen LogP contribution < -0.4 is 10.2 Å². The van der Waals surface area contributed by atoms with Gasteiger partial charge in [-0.1, -0.05) is 0 Å². The van der Waals surface area contributed by atoms with Gasteiger partial charge < -0.3 is 10.2 Å². The third kappa shape index (κ3) is 1.76. The van der Waals surface area contributed by atoms with Crippen molar-refractivity contribution < 1.29 is 5.32 Å². The van der Waals surface area contributed by atoms with Gasteiger partial charge in [0, 0.05) is 13.0 Å². The Morgan fingerprint density at radius 1 is 1.25 bits per heavy atom. The van der Waals surface area contributed by atoms with Crippen LogP contribution in [-0.4, -0.2) is 36.1 Å². The number of nitrogens with zero attached hydrogens (tertiary/aromatic N) is 3. The van der Waals surface area contributed by atoms with Gasteiger partial charge in [-0.3, -0.25) is 0 Å². The van der Waals surface area contributed by atoms with E-state index in [1.807, 2.05) is 0 Å². The van der Waals surface area contributed by atoms with Gasteiger partial charge in [0.05, 0.1) is 25.0 Å². The minimum Gasteiger partial charge on any atom is -0.350 e.